The summed E-state index contributed by atoms with van der Waals surface area (Å²) in [6, 6.07) is 2.91. The van der Waals surface area contributed by atoms with E-state index in [0.29, 0.717) is 17.4 Å². The SMILES string of the molecule is CCOC(=O)c1cc(Cl)c(OC)cc1Cl. The minimum absolute atomic E-state index is 0.240. The fourth-order valence-corrected chi connectivity index (χ4v) is 1.52. The number of halogens is 2. The van der Waals surface area contributed by atoms with Crippen LogP contribution < -0.4 is 4.74 Å². The molecule has 5 heteroatoms. The first-order valence-corrected chi connectivity index (χ1v) is 5.05. The molecule has 15 heavy (non-hydrogen) atoms. The Morgan fingerprint density at radius 2 is 2.00 bits per heavy atom. The van der Waals surface area contributed by atoms with Crippen LogP contribution in [0, 0.1) is 0 Å². The van der Waals surface area contributed by atoms with Crippen molar-refractivity contribution in [2.75, 3.05) is 13.7 Å². The van der Waals surface area contributed by atoms with E-state index < -0.39 is 5.97 Å². The Hall–Kier alpha value is -0.930. The number of esters is 1. The maximum absolute atomic E-state index is 11.4. The van der Waals surface area contributed by atoms with Crippen LogP contribution in [0.15, 0.2) is 12.1 Å². The van der Waals surface area contributed by atoms with Crippen molar-refractivity contribution >= 4 is 29.2 Å². The van der Waals surface area contributed by atoms with E-state index in [2.05, 4.69) is 0 Å². The zero-order chi connectivity index (χ0) is 11.4. The summed E-state index contributed by atoms with van der Waals surface area (Å²) in [5.74, 6) is -0.0678. The third kappa shape index (κ3) is 2.76. The number of carbonyl (C=O) groups is 1. The standard InChI is InChI=1S/C10H10Cl2O3/c1-3-15-10(13)6-4-8(12)9(14-2)5-7(6)11/h4-5H,3H2,1-2H3. The van der Waals surface area contributed by atoms with E-state index in [1.54, 1.807) is 6.92 Å². The van der Waals surface area contributed by atoms with Gasteiger partial charge in [0.1, 0.15) is 5.75 Å². The third-order valence-electron chi connectivity index (χ3n) is 1.74. The summed E-state index contributed by atoms with van der Waals surface area (Å²) in [6.45, 7) is 2.01. The van der Waals surface area contributed by atoms with E-state index in [-0.39, 0.29) is 10.6 Å². The fraction of sp³-hybridized carbons (Fsp3) is 0.300. The van der Waals surface area contributed by atoms with Gasteiger partial charge in [0.25, 0.3) is 0 Å². The Morgan fingerprint density at radius 3 is 2.53 bits per heavy atom. The molecule has 1 aromatic rings. The summed E-state index contributed by atoms with van der Waals surface area (Å²) in [4.78, 5) is 11.4. The van der Waals surface area contributed by atoms with E-state index in [1.165, 1.54) is 19.2 Å². The molecule has 0 N–H and O–H groups in total. The van der Waals surface area contributed by atoms with Crippen LogP contribution in [0.25, 0.3) is 0 Å². The molecular weight excluding hydrogens is 239 g/mol. The molecule has 0 aromatic heterocycles. The van der Waals surface area contributed by atoms with Crippen LogP contribution in [0.5, 0.6) is 5.75 Å². The van der Waals surface area contributed by atoms with Crippen LogP contribution in [0.1, 0.15) is 17.3 Å². The minimum Gasteiger partial charge on any atom is -0.495 e. The van der Waals surface area contributed by atoms with Gasteiger partial charge in [0.2, 0.25) is 0 Å². The van der Waals surface area contributed by atoms with Crippen molar-refractivity contribution in [1.82, 2.24) is 0 Å². The Kier molecular flexibility index (Phi) is 4.24. The monoisotopic (exact) mass is 248 g/mol. The molecule has 0 radical (unpaired) electrons. The Morgan fingerprint density at radius 1 is 1.33 bits per heavy atom. The summed E-state index contributed by atoms with van der Waals surface area (Å²) in [5.41, 5.74) is 0.240. The average molecular weight is 249 g/mol. The van der Waals surface area contributed by atoms with E-state index in [9.17, 15) is 4.79 Å². The van der Waals surface area contributed by atoms with Crippen LogP contribution in [-0.4, -0.2) is 19.7 Å². The van der Waals surface area contributed by atoms with Gasteiger partial charge in [0.15, 0.2) is 0 Å². The van der Waals surface area contributed by atoms with Crippen molar-refractivity contribution in [2.45, 2.75) is 6.92 Å². The van der Waals surface area contributed by atoms with E-state index in [1.807, 2.05) is 0 Å². The summed E-state index contributed by atoms with van der Waals surface area (Å²) in [6.07, 6.45) is 0. The summed E-state index contributed by atoms with van der Waals surface area (Å²) in [5, 5.41) is 0.583. The lowest BCUT2D eigenvalue weighted by Gasteiger charge is -2.07. The van der Waals surface area contributed by atoms with Gasteiger partial charge < -0.3 is 9.47 Å². The lowest BCUT2D eigenvalue weighted by molar-refractivity contribution is 0.0526. The smallest absolute Gasteiger partial charge is 0.339 e. The molecular formula is C10H10Cl2O3. The quantitative estimate of drug-likeness (QED) is 0.771. The van der Waals surface area contributed by atoms with Crippen LogP contribution in [0.3, 0.4) is 0 Å². The molecule has 0 fully saturated rings. The molecule has 0 unspecified atom stereocenters. The molecule has 1 aromatic carbocycles. The van der Waals surface area contributed by atoms with Crippen molar-refractivity contribution in [1.29, 1.82) is 0 Å². The van der Waals surface area contributed by atoms with Crippen LogP contribution >= 0.6 is 23.2 Å². The molecule has 0 saturated carbocycles. The maximum Gasteiger partial charge on any atom is 0.339 e. The number of carbonyl (C=O) groups excluding carboxylic acids is 1. The van der Waals surface area contributed by atoms with Gasteiger partial charge in [-0.2, -0.15) is 0 Å². The largest absolute Gasteiger partial charge is 0.495 e. The summed E-state index contributed by atoms with van der Waals surface area (Å²) >= 11 is 11.7. The molecule has 0 spiro atoms. The molecule has 0 bridgehead atoms. The number of rotatable bonds is 3. The molecule has 0 aliphatic rings. The second-order valence-electron chi connectivity index (χ2n) is 2.69. The first-order chi connectivity index (χ1) is 7.10. The predicted octanol–water partition coefficient (Wildman–Crippen LogP) is 3.18. The molecule has 0 heterocycles. The van der Waals surface area contributed by atoms with Gasteiger partial charge in [-0.1, -0.05) is 23.2 Å². The van der Waals surface area contributed by atoms with Gasteiger partial charge in [0, 0.05) is 6.07 Å². The van der Waals surface area contributed by atoms with Gasteiger partial charge in [-0.25, -0.2) is 4.79 Å². The van der Waals surface area contributed by atoms with Gasteiger partial charge in [0.05, 0.1) is 29.3 Å². The Bertz CT molecular complexity index is 377. The summed E-state index contributed by atoms with van der Waals surface area (Å²) < 4.78 is 9.77. The average Bonchev–Trinajstić information content (AvgIpc) is 2.21. The highest BCUT2D eigenvalue weighted by Crippen LogP contribution is 2.31. The topological polar surface area (TPSA) is 35.5 Å². The Labute approximate surface area is 97.9 Å². The molecule has 0 aliphatic heterocycles. The molecule has 0 aliphatic carbocycles. The van der Waals surface area contributed by atoms with Gasteiger partial charge in [-0.3, -0.25) is 0 Å². The van der Waals surface area contributed by atoms with E-state index in [4.69, 9.17) is 32.7 Å². The highest BCUT2D eigenvalue weighted by Gasteiger charge is 2.14. The van der Waals surface area contributed by atoms with Crippen LogP contribution in [0.2, 0.25) is 10.0 Å². The third-order valence-corrected chi connectivity index (χ3v) is 2.34. The van der Waals surface area contributed by atoms with Gasteiger partial charge in [-0.15, -0.1) is 0 Å². The second kappa shape index (κ2) is 5.24. The predicted molar refractivity (Wildman–Crippen MR) is 59.0 cm³/mol. The number of hydrogen-bond donors (Lipinski definition) is 0. The normalized spacial score (nSPS) is 9.87. The number of methoxy groups -OCH3 is 1. The highest BCUT2D eigenvalue weighted by molar-refractivity contribution is 6.36. The molecule has 0 saturated heterocycles. The number of benzene rings is 1. The zero-order valence-corrected chi connectivity index (χ0v) is 9.85. The lowest BCUT2D eigenvalue weighted by Crippen LogP contribution is -2.05. The van der Waals surface area contributed by atoms with Gasteiger partial charge in [-0.05, 0) is 13.0 Å². The lowest BCUT2D eigenvalue weighted by atomic mass is 10.2. The number of hydrogen-bond acceptors (Lipinski definition) is 3. The fourth-order valence-electron chi connectivity index (χ4n) is 1.05. The number of ether oxygens (including phenoxy) is 2. The zero-order valence-electron chi connectivity index (χ0n) is 8.34. The Balaban J connectivity index is 3.10. The van der Waals surface area contributed by atoms with E-state index in [0.717, 1.165) is 0 Å². The maximum atomic E-state index is 11.4. The first kappa shape index (κ1) is 12.1. The van der Waals surface area contributed by atoms with Crippen molar-refractivity contribution in [3.05, 3.63) is 27.7 Å². The minimum atomic E-state index is -0.493. The first-order valence-electron chi connectivity index (χ1n) is 4.30. The van der Waals surface area contributed by atoms with Crippen molar-refractivity contribution in [2.24, 2.45) is 0 Å². The van der Waals surface area contributed by atoms with Gasteiger partial charge >= 0.3 is 5.97 Å². The van der Waals surface area contributed by atoms with Crippen molar-refractivity contribution in [3.8, 4) is 5.75 Å². The van der Waals surface area contributed by atoms with E-state index >= 15 is 0 Å². The van der Waals surface area contributed by atoms with Crippen molar-refractivity contribution < 1.29 is 14.3 Å². The molecule has 1 rings (SSSR count). The summed E-state index contributed by atoms with van der Waals surface area (Å²) in [7, 11) is 1.47. The molecule has 3 nitrogen and oxygen atoms in total. The molecule has 82 valence electrons. The molecule has 0 atom stereocenters. The highest BCUT2D eigenvalue weighted by atomic mass is 35.5. The van der Waals surface area contributed by atoms with Crippen LogP contribution in [0.4, 0.5) is 0 Å². The second-order valence-corrected chi connectivity index (χ2v) is 3.50. The van der Waals surface area contributed by atoms with Crippen LogP contribution in [-0.2, 0) is 4.74 Å². The molecule has 0 amide bonds. The van der Waals surface area contributed by atoms with Crippen molar-refractivity contribution in [3.63, 3.8) is 0 Å².